The second-order valence-corrected chi connectivity index (χ2v) is 24.0. The Morgan fingerprint density at radius 3 is 0.814 bits per heavy atom. The summed E-state index contributed by atoms with van der Waals surface area (Å²) in [7, 11) is 0. The molecule has 2 aromatic carbocycles. The maximum absolute atomic E-state index is 15.4. The fraction of sp³-hybridized carbons (Fsp3) is 0.513. The number of imide groups is 2. The first-order valence-corrected chi connectivity index (χ1v) is 33.5. The van der Waals surface area contributed by atoms with Gasteiger partial charge in [0.05, 0.1) is 23.0 Å². The smallest absolute Gasteiger partial charge is 0.274 e. The van der Waals surface area contributed by atoms with Crippen molar-refractivity contribution in [1.82, 2.24) is 9.80 Å². The zero-order valence-corrected chi connectivity index (χ0v) is 55.2. The van der Waals surface area contributed by atoms with E-state index in [4.69, 9.17) is 0 Å². The Labute approximate surface area is 548 Å². The van der Waals surface area contributed by atoms with Crippen LogP contribution in [0.3, 0.4) is 0 Å². The van der Waals surface area contributed by atoms with Crippen molar-refractivity contribution in [3.05, 3.63) is 173 Å². The second-order valence-electron chi connectivity index (χ2n) is 24.0. The van der Waals surface area contributed by atoms with Gasteiger partial charge in [-0.2, -0.15) is 0 Å². The molecule has 2 aromatic rings. The van der Waals surface area contributed by atoms with Crippen molar-refractivity contribution in [2.45, 2.75) is 233 Å². The maximum Gasteiger partial charge on any atom is 2.00 e. The van der Waals surface area contributed by atoms with Crippen molar-refractivity contribution < 1.29 is 53.3 Å². The van der Waals surface area contributed by atoms with Crippen LogP contribution in [0.15, 0.2) is 12.1 Å². The number of rotatable bonds is 36. The minimum Gasteiger partial charge on any atom is -0.274 e. The Hall–Kier alpha value is -2.86. The number of carbonyl (C=O) groups is 4. The van der Waals surface area contributed by atoms with Crippen LogP contribution in [0.2, 0.25) is 0 Å². The Morgan fingerprint density at radius 2 is 0.558 bits per heavy atom. The first kappa shape index (κ1) is 75.6. The molecule has 0 aromatic heterocycles. The Balaban J connectivity index is 0.00000119. The summed E-state index contributed by atoms with van der Waals surface area (Å²) in [5.74, 6) is 13.6. The quantitative estimate of drug-likeness (QED) is 0.0295. The monoisotopic (exact) mass is 1240 g/mol. The number of unbranched alkanes of at least 4 members (excludes halogenated alkanes) is 24. The average Bonchev–Trinajstić information content (AvgIpc) is 1.22. The molecule has 460 valence electrons. The molecule has 8 rings (SSSR count). The van der Waals surface area contributed by atoms with Crippen LogP contribution in [0.1, 0.15) is 286 Å². The fourth-order valence-corrected chi connectivity index (χ4v) is 12.3. The maximum atomic E-state index is 15.4. The fourth-order valence-electron chi connectivity index (χ4n) is 12.3. The summed E-state index contributed by atoms with van der Waals surface area (Å²) in [5, 5.41) is 0.739. The topological polar surface area (TPSA) is 74.8 Å². The van der Waals surface area contributed by atoms with Crippen molar-refractivity contribution in [2.75, 3.05) is 13.1 Å². The molecule has 86 heavy (non-hydrogen) atoms. The second kappa shape index (κ2) is 45.4. The minimum atomic E-state index is -0.391. The van der Waals surface area contributed by atoms with Crippen molar-refractivity contribution in [2.24, 2.45) is 11.8 Å². The summed E-state index contributed by atoms with van der Waals surface area (Å²) < 4.78 is 0. The SMILES string of the molecule is CCCCCCCCCCC(CCCCCCCC)CN1C(=O)c2cc(C#C[C]3[CH][CH][CH][CH]3)c3c4c(cc(C#C[C]5[CH][CH][CH][CH]5)c(c24)C1=O)C(=O)N(CC(CCCCCCCC)CCCCCCCCCC)C3=O.[CH]1[CH][CH][CH][CH]1.[CH]1[CH][CH][CH][CH]1.[Fe+2].[Fe+2]. The molecule has 0 spiro atoms. The van der Waals surface area contributed by atoms with E-state index in [1.54, 1.807) is 12.1 Å². The van der Waals surface area contributed by atoms with Crippen molar-refractivity contribution in [1.29, 1.82) is 0 Å². The normalized spacial score (nSPS) is 17.1. The van der Waals surface area contributed by atoms with Gasteiger partial charge in [0, 0.05) is 46.1 Å². The molecule has 2 heterocycles. The van der Waals surface area contributed by atoms with Gasteiger partial charge in [-0.15, -0.1) is 0 Å². The predicted molar refractivity (Wildman–Crippen MR) is 350 cm³/mol. The molecule has 6 nitrogen and oxygen atoms in total. The minimum absolute atomic E-state index is 0. The van der Waals surface area contributed by atoms with E-state index in [-0.39, 0.29) is 57.8 Å². The van der Waals surface area contributed by atoms with Crippen LogP contribution in [-0.4, -0.2) is 46.5 Å². The van der Waals surface area contributed by atoms with Crippen molar-refractivity contribution in [3.63, 3.8) is 0 Å². The van der Waals surface area contributed by atoms with Gasteiger partial charge in [-0.25, -0.2) is 0 Å². The number of amides is 4. The standard InChI is InChI=1S/C68H92N2O4.2C5H5.2Fe/c1-5-9-13-17-21-23-27-31-43-55(41-29-25-19-15-11-7-3)51-69-65(71)59-49-58(48-46-54-39-35-36-40-54)62-64-60(50-57(61(63(59)64)67(69)73)47-45-53-37-33-34-38-53)66(72)70(68(62)74)52-56(42-30-26-20-16-12-8-4)44-32-28-24-22-18-14-10-6-2;2*1-2-4-5-3-1;;/h33-40,49-50,55-56H,5-32,41-44,51-52H2,1-4H3;2*1-5H;;/q;;;2*+2. The molecule has 6 aliphatic rings. The molecule has 0 bridgehead atoms. The number of hydrogen-bond acceptors (Lipinski definition) is 4. The summed E-state index contributed by atoms with van der Waals surface area (Å²) in [6, 6.07) is 3.52. The summed E-state index contributed by atoms with van der Waals surface area (Å²) in [5.41, 5.74) is 2.09. The third-order valence-corrected chi connectivity index (χ3v) is 17.1. The summed E-state index contributed by atoms with van der Waals surface area (Å²) >= 11 is 0. The molecular weight excluding hydrogens is 1140 g/mol. The van der Waals surface area contributed by atoms with Gasteiger partial charge in [0.25, 0.3) is 23.6 Å². The Morgan fingerprint density at radius 1 is 0.314 bits per heavy atom. The van der Waals surface area contributed by atoms with Gasteiger partial charge >= 0.3 is 34.1 Å². The van der Waals surface area contributed by atoms with E-state index in [1.807, 2.05) is 116 Å². The van der Waals surface area contributed by atoms with Crippen LogP contribution in [0.4, 0.5) is 0 Å². The molecule has 2 aliphatic heterocycles. The number of nitrogens with zero attached hydrogens (tertiary/aromatic N) is 2. The molecule has 2 unspecified atom stereocenters. The van der Waals surface area contributed by atoms with Gasteiger partial charge in [0.15, 0.2) is 0 Å². The van der Waals surface area contributed by atoms with Gasteiger partial charge in [-0.1, -0.05) is 231 Å². The van der Waals surface area contributed by atoms with Crippen molar-refractivity contribution in [3.8, 4) is 23.7 Å². The molecule has 0 N–H and O–H groups in total. The van der Waals surface area contributed by atoms with E-state index in [0.29, 0.717) is 57.2 Å². The van der Waals surface area contributed by atoms with E-state index >= 15 is 19.2 Å². The molecular formula is C78H102Fe2N2O4+4. The first-order chi connectivity index (χ1) is 41.3. The largest absolute Gasteiger partial charge is 2.00 e. The first-order valence-electron chi connectivity index (χ1n) is 33.5. The number of carbonyl (C=O) groups excluding carboxylic acids is 4. The van der Waals surface area contributed by atoms with Crippen LogP contribution in [0, 0.1) is 163 Å². The summed E-state index contributed by atoms with van der Waals surface area (Å²) in [6.45, 7) is 9.64. The molecule has 8 heteroatoms. The molecule has 4 aliphatic carbocycles. The van der Waals surface area contributed by atoms with Gasteiger partial charge in [0.2, 0.25) is 0 Å². The van der Waals surface area contributed by atoms with Crippen LogP contribution < -0.4 is 0 Å². The van der Waals surface area contributed by atoms with Crippen LogP contribution in [0.5, 0.6) is 0 Å². The summed E-state index contributed by atoms with van der Waals surface area (Å²) in [4.78, 5) is 64.3. The third-order valence-electron chi connectivity index (χ3n) is 17.1. The molecule has 20 radical (unpaired) electrons. The van der Waals surface area contributed by atoms with Crippen molar-refractivity contribution >= 4 is 34.4 Å². The zero-order chi connectivity index (χ0) is 59.4. The van der Waals surface area contributed by atoms with Crippen LogP contribution >= 0.6 is 0 Å². The predicted octanol–water partition coefficient (Wildman–Crippen LogP) is 19.4. The van der Waals surface area contributed by atoms with E-state index in [0.717, 1.165) is 88.9 Å². The van der Waals surface area contributed by atoms with Crippen LogP contribution in [-0.2, 0) is 34.1 Å². The van der Waals surface area contributed by atoms with Gasteiger partial charge in [-0.3, -0.25) is 29.0 Å². The van der Waals surface area contributed by atoms with Gasteiger partial charge in [-0.05, 0) is 165 Å². The third kappa shape index (κ3) is 25.4. The Bertz CT molecular complexity index is 2210. The average molecular weight is 1240 g/mol. The molecule has 4 saturated carbocycles. The van der Waals surface area contributed by atoms with E-state index in [9.17, 15) is 0 Å². The van der Waals surface area contributed by atoms with E-state index < -0.39 is 11.8 Å². The van der Waals surface area contributed by atoms with E-state index in [2.05, 4.69) is 51.4 Å². The number of hydrogen-bond donors (Lipinski definition) is 0. The zero-order valence-electron chi connectivity index (χ0n) is 53.0. The molecule has 2 atom stereocenters. The molecule has 4 amide bonds. The molecule has 0 saturated heterocycles. The van der Waals surface area contributed by atoms with Gasteiger partial charge in [0.1, 0.15) is 0 Å². The van der Waals surface area contributed by atoms with Crippen LogP contribution in [0.25, 0.3) is 10.8 Å². The summed E-state index contributed by atoms with van der Waals surface area (Å²) in [6.07, 6.45) is 73.1. The van der Waals surface area contributed by atoms with Gasteiger partial charge < -0.3 is 0 Å². The van der Waals surface area contributed by atoms with E-state index in [1.165, 1.54) is 138 Å². The molecule has 4 fully saturated rings. The Kier molecular flexibility index (Phi) is 39.9. The number of benzene rings is 2.